The van der Waals surface area contributed by atoms with E-state index in [0.29, 0.717) is 10.8 Å². The fraction of sp³-hybridized carbons (Fsp3) is 0.250. The molecule has 2 aromatic rings. The molecule has 128 valence electrons. The number of ether oxygens (including phenoxy) is 1. The van der Waals surface area contributed by atoms with Crippen LogP contribution >= 0.6 is 11.3 Å². The maximum atomic E-state index is 12.1. The second-order valence-electron chi connectivity index (χ2n) is 5.02. The van der Waals surface area contributed by atoms with Crippen LogP contribution < -0.4 is 10.1 Å². The van der Waals surface area contributed by atoms with E-state index in [4.69, 9.17) is 4.74 Å². The van der Waals surface area contributed by atoms with E-state index >= 15 is 0 Å². The Morgan fingerprint density at radius 2 is 2.08 bits per heavy atom. The van der Waals surface area contributed by atoms with Crippen LogP contribution in [0.15, 0.2) is 42.3 Å². The Morgan fingerprint density at radius 3 is 2.67 bits per heavy atom. The van der Waals surface area contributed by atoms with Crippen LogP contribution in [-0.2, 0) is 14.6 Å². The minimum Gasteiger partial charge on any atom is -0.497 e. The van der Waals surface area contributed by atoms with E-state index in [9.17, 15) is 13.2 Å². The fourth-order valence-electron chi connectivity index (χ4n) is 1.90. The Balaban J connectivity index is 2.10. The first kappa shape index (κ1) is 18.2. The molecule has 24 heavy (non-hydrogen) atoms. The predicted molar refractivity (Wildman–Crippen MR) is 96.2 cm³/mol. The summed E-state index contributed by atoms with van der Waals surface area (Å²) in [4.78, 5) is 16.4. The topological polar surface area (TPSA) is 85.4 Å². The Kier molecular flexibility index (Phi) is 5.74. The van der Waals surface area contributed by atoms with Crippen molar-refractivity contribution in [3.05, 3.63) is 42.3 Å². The number of carbonyl (C=O) groups is 1. The Labute approximate surface area is 145 Å². The molecule has 6 nitrogen and oxygen atoms in total. The van der Waals surface area contributed by atoms with E-state index in [1.807, 2.05) is 24.3 Å². The van der Waals surface area contributed by atoms with Gasteiger partial charge in [-0.1, -0.05) is 6.08 Å². The van der Waals surface area contributed by atoms with E-state index in [1.54, 1.807) is 12.5 Å². The Morgan fingerprint density at radius 1 is 1.42 bits per heavy atom. The van der Waals surface area contributed by atoms with Crippen molar-refractivity contribution in [2.45, 2.75) is 12.2 Å². The summed E-state index contributed by atoms with van der Waals surface area (Å²) in [6.07, 6.45) is 1.27. The third-order valence-corrected chi connectivity index (χ3v) is 6.13. The molecule has 0 bridgehead atoms. The van der Waals surface area contributed by atoms with Crippen molar-refractivity contribution in [1.29, 1.82) is 0 Å². The van der Waals surface area contributed by atoms with Gasteiger partial charge in [0, 0.05) is 10.9 Å². The standard InChI is InChI=1S/C16H18N2O4S2/c1-4-9-24(20,21)11(2)15(19)18-16-17-14(10-23-16)12-5-7-13(22-3)8-6-12/h4-8,10-11H,1,9H2,2-3H3,(H,17,18,19). The minimum atomic E-state index is -3.55. The summed E-state index contributed by atoms with van der Waals surface area (Å²) in [5.41, 5.74) is 1.57. The van der Waals surface area contributed by atoms with Crippen LogP contribution in [0.25, 0.3) is 11.3 Å². The lowest BCUT2D eigenvalue weighted by Gasteiger charge is -2.10. The van der Waals surface area contributed by atoms with Crippen molar-refractivity contribution in [3.63, 3.8) is 0 Å². The highest BCUT2D eigenvalue weighted by Gasteiger charge is 2.27. The summed E-state index contributed by atoms with van der Waals surface area (Å²) in [5.74, 6) is -0.104. The summed E-state index contributed by atoms with van der Waals surface area (Å²) >= 11 is 1.23. The van der Waals surface area contributed by atoms with E-state index in [-0.39, 0.29) is 5.75 Å². The number of hydrogen-bond donors (Lipinski definition) is 1. The van der Waals surface area contributed by atoms with Crippen LogP contribution in [0, 0.1) is 0 Å². The lowest BCUT2D eigenvalue weighted by atomic mass is 10.2. The molecule has 0 aliphatic rings. The summed E-state index contributed by atoms with van der Waals surface area (Å²) < 4.78 is 28.9. The zero-order valence-electron chi connectivity index (χ0n) is 13.4. The average Bonchev–Trinajstić information content (AvgIpc) is 3.02. The minimum absolute atomic E-state index is 0.240. The van der Waals surface area contributed by atoms with Crippen molar-refractivity contribution in [2.75, 3.05) is 18.2 Å². The number of benzene rings is 1. The van der Waals surface area contributed by atoms with Crippen molar-refractivity contribution in [3.8, 4) is 17.0 Å². The number of thiazole rings is 1. The number of sulfone groups is 1. The highest BCUT2D eigenvalue weighted by atomic mass is 32.2. The van der Waals surface area contributed by atoms with Gasteiger partial charge in [-0.25, -0.2) is 13.4 Å². The number of anilines is 1. The quantitative estimate of drug-likeness (QED) is 0.762. The molecule has 2 rings (SSSR count). The number of amides is 1. The number of aromatic nitrogens is 1. The Hall–Kier alpha value is -2.19. The molecule has 0 saturated heterocycles. The van der Waals surface area contributed by atoms with Gasteiger partial charge in [0.05, 0.1) is 18.6 Å². The molecule has 1 aromatic heterocycles. The molecule has 0 radical (unpaired) electrons. The highest BCUT2D eigenvalue weighted by Crippen LogP contribution is 2.26. The SMILES string of the molecule is C=CCS(=O)(=O)C(C)C(=O)Nc1nc(-c2ccc(OC)cc2)cs1. The number of nitrogens with zero attached hydrogens (tertiary/aromatic N) is 1. The number of rotatable bonds is 7. The predicted octanol–water partition coefficient (Wildman–Crippen LogP) is 2.75. The van der Waals surface area contributed by atoms with Crippen molar-refractivity contribution in [1.82, 2.24) is 4.98 Å². The molecule has 0 saturated carbocycles. The number of hydrogen-bond acceptors (Lipinski definition) is 6. The van der Waals surface area contributed by atoms with Gasteiger partial charge in [0.2, 0.25) is 5.91 Å². The normalized spacial score (nSPS) is 12.4. The van der Waals surface area contributed by atoms with E-state index < -0.39 is 21.0 Å². The van der Waals surface area contributed by atoms with Crippen LogP contribution in [0.3, 0.4) is 0 Å². The van der Waals surface area contributed by atoms with Crippen LogP contribution in [0.2, 0.25) is 0 Å². The lowest BCUT2D eigenvalue weighted by molar-refractivity contribution is -0.115. The average molecular weight is 366 g/mol. The van der Waals surface area contributed by atoms with Crippen molar-refractivity contribution in [2.24, 2.45) is 0 Å². The first-order valence-electron chi connectivity index (χ1n) is 7.10. The molecule has 8 heteroatoms. The van der Waals surface area contributed by atoms with Gasteiger partial charge < -0.3 is 10.1 Å². The molecule has 1 amide bonds. The van der Waals surface area contributed by atoms with E-state index in [2.05, 4.69) is 16.9 Å². The summed E-state index contributed by atoms with van der Waals surface area (Å²) in [6, 6.07) is 7.35. The molecule has 0 aliphatic carbocycles. The van der Waals surface area contributed by atoms with Gasteiger partial charge >= 0.3 is 0 Å². The molecule has 1 aromatic carbocycles. The molecule has 1 atom stereocenters. The third-order valence-electron chi connectivity index (χ3n) is 3.38. The van der Waals surface area contributed by atoms with E-state index in [0.717, 1.165) is 11.3 Å². The van der Waals surface area contributed by atoms with Crippen LogP contribution in [-0.4, -0.2) is 37.4 Å². The highest BCUT2D eigenvalue weighted by molar-refractivity contribution is 7.92. The van der Waals surface area contributed by atoms with Crippen molar-refractivity contribution < 1.29 is 17.9 Å². The van der Waals surface area contributed by atoms with Crippen LogP contribution in [0.5, 0.6) is 5.75 Å². The van der Waals surface area contributed by atoms with Gasteiger partial charge in [0.1, 0.15) is 11.0 Å². The monoisotopic (exact) mass is 366 g/mol. The molecule has 0 aliphatic heterocycles. The van der Waals surface area contributed by atoms with Crippen LogP contribution in [0.4, 0.5) is 5.13 Å². The van der Waals surface area contributed by atoms with Gasteiger partial charge in [-0.3, -0.25) is 4.79 Å². The summed E-state index contributed by atoms with van der Waals surface area (Å²) in [5, 5.41) is 3.53. The number of methoxy groups -OCH3 is 1. The first-order chi connectivity index (χ1) is 11.4. The Bertz CT molecular complexity index is 826. The summed E-state index contributed by atoms with van der Waals surface area (Å²) in [7, 11) is -1.96. The zero-order chi connectivity index (χ0) is 17.7. The molecule has 1 heterocycles. The van der Waals surface area contributed by atoms with Gasteiger partial charge in [0.15, 0.2) is 15.0 Å². The largest absolute Gasteiger partial charge is 0.497 e. The molecule has 1 N–H and O–H groups in total. The van der Waals surface area contributed by atoms with Crippen LogP contribution in [0.1, 0.15) is 6.92 Å². The summed E-state index contributed by atoms with van der Waals surface area (Å²) in [6.45, 7) is 4.74. The van der Waals surface area contributed by atoms with E-state index in [1.165, 1.54) is 24.3 Å². The third kappa shape index (κ3) is 4.21. The lowest BCUT2D eigenvalue weighted by Crippen LogP contribution is -2.33. The second kappa shape index (κ2) is 7.59. The van der Waals surface area contributed by atoms with Gasteiger partial charge in [0.25, 0.3) is 0 Å². The van der Waals surface area contributed by atoms with Crippen molar-refractivity contribution >= 4 is 32.2 Å². The second-order valence-corrected chi connectivity index (χ2v) is 8.24. The molecular weight excluding hydrogens is 348 g/mol. The first-order valence-corrected chi connectivity index (χ1v) is 9.70. The van der Waals surface area contributed by atoms with Gasteiger partial charge in [-0.05, 0) is 31.2 Å². The molecule has 0 fully saturated rings. The molecule has 0 spiro atoms. The number of nitrogens with one attached hydrogen (secondary N) is 1. The molecular formula is C16H18N2O4S2. The van der Waals surface area contributed by atoms with Gasteiger partial charge in [-0.2, -0.15) is 0 Å². The molecule has 1 unspecified atom stereocenters. The zero-order valence-corrected chi connectivity index (χ0v) is 15.0. The number of carbonyl (C=O) groups excluding carboxylic acids is 1. The van der Waals surface area contributed by atoms with Gasteiger partial charge in [-0.15, -0.1) is 17.9 Å². The maximum absolute atomic E-state index is 12.1. The smallest absolute Gasteiger partial charge is 0.244 e. The maximum Gasteiger partial charge on any atom is 0.244 e. The fourth-order valence-corrected chi connectivity index (χ4v) is 3.63.